The van der Waals surface area contributed by atoms with E-state index < -0.39 is 5.82 Å². The first-order valence-electron chi connectivity index (χ1n) is 6.41. The molecule has 0 bridgehead atoms. The average Bonchev–Trinajstić information content (AvgIpc) is 2.80. The molecule has 1 aromatic carbocycles. The van der Waals surface area contributed by atoms with Crippen molar-refractivity contribution >= 4 is 21.8 Å². The molecular formula is C14H18BrFN2O. The van der Waals surface area contributed by atoms with Crippen molar-refractivity contribution in [2.45, 2.75) is 31.3 Å². The van der Waals surface area contributed by atoms with Gasteiger partial charge in [0.15, 0.2) is 0 Å². The van der Waals surface area contributed by atoms with Crippen molar-refractivity contribution < 1.29 is 9.18 Å². The highest BCUT2D eigenvalue weighted by atomic mass is 79.9. The third kappa shape index (κ3) is 3.34. The van der Waals surface area contributed by atoms with Gasteiger partial charge < -0.3 is 10.2 Å². The Morgan fingerprint density at radius 1 is 1.42 bits per heavy atom. The number of halogens is 2. The van der Waals surface area contributed by atoms with E-state index in [1.54, 1.807) is 6.07 Å². The van der Waals surface area contributed by atoms with Crippen LogP contribution >= 0.6 is 15.9 Å². The maximum absolute atomic E-state index is 13.7. The molecule has 0 aromatic heterocycles. The van der Waals surface area contributed by atoms with Crippen LogP contribution in [0.1, 0.15) is 29.6 Å². The Morgan fingerprint density at radius 2 is 2.16 bits per heavy atom. The smallest absolute Gasteiger partial charge is 0.254 e. The van der Waals surface area contributed by atoms with Gasteiger partial charge >= 0.3 is 0 Å². The zero-order valence-electron chi connectivity index (χ0n) is 11.1. The highest BCUT2D eigenvalue weighted by Crippen LogP contribution is 2.23. The summed E-state index contributed by atoms with van der Waals surface area (Å²) in [6.45, 7) is 0. The molecule has 0 aliphatic heterocycles. The second-order valence-corrected chi connectivity index (χ2v) is 6.08. The average molecular weight is 329 g/mol. The van der Waals surface area contributed by atoms with Crippen LogP contribution in [-0.2, 0) is 0 Å². The van der Waals surface area contributed by atoms with Crippen molar-refractivity contribution in [1.29, 1.82) is 0 Å². The molecule has 5 heteroatoms. The van der Waals surface area contributed by atoms with Crippen LogP contribution in [0.5, 0.6) is 0 Å². The Morgan fingerprint density at radius 3 is 2.84 bits per heavy atom. The number of hydrogen-bond donors (Lipinski definition) is 1. The number of carbonyl (C=O) groups is 1. The van der Waals surface area contributed by atoms with Gasteiger partial charge in [-0.1, -0.05) is 15.9 Å². The van der Waals surface area contributed by atoms with Crippen LogP contribution in [0, 0.1) is 5.82 Å². The summed E-state index contributed by atoms with van der Waals surface area (Å²) >= 11 is 3.26. The number of rotatable bonds is 3. The van der Waals surface area contributed by atoms with Gasteiger partial charge in [0.25, 0.3) is 5.91 Å². The molecule has 1 saturated carbocycles. The first-order chi connectivity index (χ1) is 8.99. The maximum atomic E-state index is 13.7. The van der Waals surface area contributed by atoms with Gasteiger partial charge in [-0.2, -0.15) is 0 Å². The number of hydrogen-bond acceptors (Lipinski definition) is 2. The second-order valence-electron chi connectivity index (χ2n) is 5.17. The highest BCUT2D eigenvalue weighted by molar-refractivity contribution is 9.10. The number of nitrogens with one attached hydrogen (secondary N) is 1. The summed E-state index contributed by atoms with van der Waals surface area (Å²) in [4.78, 5) is 14.3. The molecule has 1 aromatic rings. The van der Waals surface area contributed by atoms with Crippen LogP contribution in [0.3, 0.4) is 0 Å². The molecule has 1 fully saturated rings. The van der Waals surface area contributed by atoms with Gasteiger partial charge in [0, 0.05) is 16.6 Å². The molecule has 0 heterocycles. The Kier molecular flexibility index (Phi) is 4.58. The predicted molar refractivity (Wildman–Crippen MR) is 76.7 cm³/mol. The van der Waals surface area contributed by atoms with Crippen molar-refractivity contribution in [1.82, 2.24) is 10.2 Å². The lowest BCUT2D eigenvalue weighted by Crippen LogP contribution is -2.46. The molecule has 1 N–H and O–H groups in total. The van der Waals surface area contributed by atoms with Gasteiger partial charge in [0.1, 0.15) is 5.82 Å². The molecule has 0 saturated heterocycles. The van der Waals surface area contributed by atoms with Gasteiger partial charge in [-0.05, 0) is 51.6 Å². The molecule has 2 rings (SSSR count). The molecule has 2 atom stereocenters. The topological polar surface area (TPSA) is 32.3 Å². The first-order valence-corrected chi connectivity index (χ1v) is 7.20. The molecule has 0 radical (unpaired) electrons. The number of amides is 1. The van der Waals surface area contributed by atoms with E-state index >= 15 is 0 Å². The molecule has 104 valence electrons. The number of benzene rings is 1. The fourth-order valence-electron chi connectivity index (χ4n) is 2.64. The number of carbonyl (C=O) groups excluding carboxylic acids is 1. The molecule has 1 aliphatic carbocycles. The maximum Gasteiger partial charge on any atom is 0.254 e. The minimum Gasteiger partial charge on any atom is -0.348 e. The van der Waals surface area contributed by atoms with E-state index in [9.17, 15) is 9.18 Å². The Labute approximate surface area is 121 Å². The normalized spacial score (nSPS) is 22.8. The fourth-order valence-corrected chi connectivity index (χ4v) is 3.01. The zero-order chi connectivity index (χ0) is 14.0. The largest absolute Gasteiger partial charge is 0.348 e. The fraction of sp³-hybridized carbons (Fsp3) is 0.500. The van der Waals surface area contributed by atoms with Gasteiger partial charge in [0.2, 0.25) is 0 Å². The molecule has 1 aliphatic rings. The molecule has 19 heavy (non-hydrogen) atoms. The minimum absolute atomic E-state index is 0.0961. The summed E-state index contributed by atoms with van der Waals surface area (Å²) in [6, 6.07) is 4.84. The summed E-state index contributed by atoms with van der Waals surface area (Å²) < 4.78 is 14.4. The van der Waals surface area contributed by atoms with Crippen molar-refractivity contribution in [3.05, 3.63) is 34.1 Å². The Bertz CT molecular complexity index is 479. The van der Waals surface area contributed by atoms with E-state index in [1.165, 1.54) is 12.1 Å². The van der Waals surface area contributed by atoms with Gasteiger partial charge in [0.05, 0.1) is 5.56 Å². The minimum atomic E-state index is -0.486. The summed E-state index contributed by atoms with van der Waals surface area (Å²) in [5.74, 6) is -0.822. The monoisotopic (exact) mass is 328 g/mol. The van der Waals surface area contributed by atoms with E-state index in [0.29, 0.717) is 10.5 Å². The lowest BCUT2D eigenvalue weighted by Gasteiger charge is -2.27. The zero-order valence-corrected chi connectivity index (χ0v) is 12.7. The molecule has 3 nitrogen and oxygen atoms in total. The summed E-state index contributed by atoms with van der Waals surface area (Å²) in [7, 11) is 4.02. The lowest BCUT2D eigenvalue weighted by molar-refractivity contribution is 0.0915. The molecule has 2 unspecified atom stereocenters. The number of likely N-dealkylation sites (N-methyl/N-ethyl adjacent to an activating group) is 1. The SMILES string of the molecule is CN(C)C1CCCC1NC(=O)c1cc(Br)ccc1F. The van der Waals surface area contributed by atoms with Crippen molar-refractivity contribution in [3.8, 4) is 0 Å². The van der Waals surface area contributed by atoms with E-state index in [0.717, 1.165) is 19.3 Å². The van der Waals surface area contributed by atoms with Gasteiger partial charge in [-0.3, -0.25) is 4.79 Å². The van der Waals surface area contributed by atoms with E-state index in [4.69, 9.17) is 0 Å². The lowest BCUT2D eigenvalue weighted by atomic mass is 10.1. The quantitative estimate of drug-likeness (QED) is 0.925. The van der Waals surface area contributed by atoms with Crippen molar-refractivity contribution in [2.24, 2.45) is 0 Å². The van der Waals surface area contributed by atoms with Crippen LogP contribution < -0.4 is 5.32 Å². The van der Waals surface area contributed by atoms with Crippen LogP contribution in [0.2, 0.25) is 0 Å². The van der Waals surface area contributed by atoms with Crippen LogP contribution in [-0.4, -0.2) is 37.0 Å². The van der Waals surface area contributed by atoms with Gasteiger partial charge in [-0.25, -0.2) is 4.39 Å². The van der Waals surface area contributed by atoms with Crippen molar-refractivity contribution in [2.75, 3.05) is 14.1 Å². The van der Waals surface area contributed by atoms with Gasteiger partial charge in [-0.15, -0.1) is 0 Å². The van der Waals surface area contributed by atoms with E-state index in [-0.39, 0.29) is 17.5 Å². The summed E-state index contributed by atoms with van der Waals surface area (Å²) in [6.07, 6.45) is 3.11. The van der Waals surface area contributed by atoms with E-state index in [2.05, 4.69) is 26.1 Å². The third-order valence-electron chi connectivity index (χ3n) is 3.63. The Hall–Kier alpha value is -0.940. The van der Waals surface area contributed by atoms with Crippen molar-refractivity contribution in [3.63, 3.8) is 0 Å². The molecule has 0 spiro atoms. The van der Waals surface area contributed by atoms with E-state index in [1.807, 2.05) is 14.1 Å². The third-order valence-corrected chi connectivity index (χ3v) is 4.13. The first kappa shape index (κ1) is 14.5. The summed E-state index contributed by atoms with van der Waals surface area (Å²) in [5, 5.41) is 2.95. The van der Waals surface area contributed by atoms with Crippen LogP contribution in [0.15, 0.2) is 22.7 Å². The number of nitrogens with zero attached hydrogens (tertiary/aromatic N) is 1. The molecular weight excluding hydrogens is 311 g/mol. The summed E-state index contributed by atoms with van der Waals surface area (Å²) in [5.41, 5.74) is 0.0961. The second kappa shape index (κ2) is 6.01. The van der Waals surface area contributed by atoms with Crippen LogP contribution in [0.25, 0.3) is 0 Å². The predicted octanol–water partition coefficient (Wildman–Crippen LogP) is 2.80. The highest BCUT2D eigenvalue weighted by Gasteiger charge is 2.30. The standard InChI is InChI=1S/C14H18BrFN2O/c1-18(2)13-5-3-4-12(13)17-14(19)10-8-9(15)6-7-11(10)16/h6-8,12-13H,3-5H2,1-2H3,(H,17,19). The molecule has 1 amide bonds. The Balaban J connectivity index is 2.10. The van der Waals surface area contributed by atoms with Crippen LogP contribution in [0.4, 0.5) is 4.39 Å².